The third-order valence-electron chi connectivity index (χ3n) is 5.87. The Hall–Kier alpha value is -2.83. The SMILES string of the molecule is CCN(C[C@@H]1COc2ccccc2O1)C(=O)CCN1C(=O)[C@H]2CC=CC[C@@H]2C1=O. The molecule has 3 amide bonds. The maximum atomic E-state index is 12.7. The lowest BCUT2D eigenvalue weighted by Crippen LogP contribution is -2.44. The number of hydrogen-bond acceptors (Lipinski definition) is 5. The number of carbonyl (C=O) groups is 3. The number of ether oxygens (including phenoxy) is 2. The highest BCUT2D eigenvalue weighted by Gasteiger charge is 2.47. The summed E-state index contributed by atoms with van der Waals surface area (Å²) < 4.78 is 11.7. The zero-order valence-electron chi connectivity index (χ0n) is 16.6. The summed E-state index contributed by atoms with van der Waals surface area (Å²) in [5.74, 6) is 0.512. The van der Waals surface area contributed by atoms with Crippen molar-refractivity contribution in [1.29, 1.82) is 0 Å². The van der Waals surface area contributed by atoms with E-state index in [1.807, 2.05) is 43.3 Å². The first kappa shape index (κ1) is 19.5. The van der Waals surface area contributed by atoms with Crippen LogP contribution in [0.1, 0.15) is 26.2 Å². The second-order valence-electron chi connectivity index (χ2n) is 7.66. The number of nitrogens with zero attached hydrogens (tertiary/aromatic N) is 2. The smallest absolute Gasteiger partial charge is 0.233 e. The molecule has 1 aliphatic carbocycles. The summed E-state index contributed by atoms with van der Waals surface area (Å²) in [4.78, 5) is 40.8. The molecule has 29 heavy (non-hydrogen) atoms. The van der Waals surface area contributed by atoms with E-state index in [9.17, 15) is 14.4 Å². The van der Waals surface area contributed by atoms with Crippen LogP contribution in [0.25, 0.3) is 0 Å². The quantitative estimate of drug-likeness (QED) is 0.541. The molecule has 0 bridgehead atoms. The van der Waals surface area contributed by atoms with E-state index in [-0.39, 0.29) is 48.6 Å². The molecule has 0 unspecified atom stereocenters. The zero-order valence-corrected chi connectivity index (χ0v) is 16.6. The van der Waals surface area contributed by atoms with Gasteiger partial charge < -0.3 is 14.4 Å². The van der Waals surface area contributed by atoms with E-state index < -0.39 is 0 Å². The summed E-state index contributed by atoms with van der Waals surface area (Å²) in [5.41, 5.74) is 0. The van der Waals surface area contributed by atoms with E-state index >= 15 is 0 Å². The number of amides is 3. The van der Waals surface area contributed by atoms with Crippen LogP contribution in [0.3, 0.4) is 0 Å². The molecular formula is C22H26N2O5. The van der Waals surface area contributed by atoms with Crippen molar-refractivity contribution in [1.82, 2.24) is 9.80 Å². The lowest BCUT2D eigenvalue weighted by molar-refractivity contribution is -0.141. The Morgan fingerprint density at radius 3 is 2.41 bits per heavy atom. The molecule has 0 N–H and O–H groups in total. The Kier molecular flexibility index (Phi) is 5.56. The van der Waals surface area contributed by atoms with Crippen molar-refractivity contribution < 1.29 is 23.9 Å². The van der Waals surface area contributed by atoms with E-state index in [0.29, 0.717) is 44.0 Å². The monoisotopic (exact) mass is 398 g/mol. The van der Waals surface area contributed by atoms with Crippen molar-refractivity contribution in [2.24, 2.45) is 11.8 Å². The predicted octanol–water partition coefficient (Wildman–Crippen LogP) is 2.02. The normalized spacial score (nSPS) is 25.1. The van der Waals surface area contributed by atoms with E-state index in [2.05, 4.69) is 0 Å². The van der Waals surface area contributed by atoms with Gasteiger partial charge in [-0.1, -0.05) is 24.3 Å². The molecule has 1 aromatic carbocycles. The average Bonchev–Trinajstić information content (AvgIpc) is 3.00. The number of rotatable bonds is 6. The van der Waals surface area contributed by atoms with Gasteiger partial charge >= 0.3 is 0 Å². The molecule has 2 heterocycles. The molecule has 154 valence electrons. The van der Waals surface area contributed by atoms with E-state index in [1.165, 1.54) is 4.90 Å². The van der Waals surface area contributed by atoms with Gasteiger partial charge in [0.2, 0.25) is 17.7 Å². The summed E-state index contributed by atoms with van der Waals surface area (Å²) in [6, 6.07) is 7.46. The Labute approximate surface area is 170 Å². The van der Waals surface area contributed by atoms with Crippen molar-refractivity contribution in [3.05, 3.63) is 36.4 Å². The van der Waals surface area contributed by atoms with Crippen LogP contribution in [-0.2, 0) is 14.4 Å². The summed E-state index contributed by atoms with van der Waals surface area (Å²) in [7, 11) is 0. The van der Waals surface area contributed by atoms with Crippen molar-refractivity contribution in [2.75, 3.05) is 26.2 Å². The highest BCUT2D eigenvalue weighted by Crippen LogP contribution is 2.35. The highest BCUT2D eigenvalue weighted by molar-refractivity contribution is 6.05. The number of likely N-dealkylation sites (N-methyl/N-ethyl adjacent to an activating group) is 1. The Bertz CT molecular complexity index is 810. The predicted molar refractivity (Wildman–Crippen MR) is 105 cm³/mol. The molecule has 7 heteroatoms. The molecule has 7 nitrogen and oxygen atoms in total. The number of carbonyl (C=O) groups excluding carboxylic acids is 3. The fraction of sp³-hybridized carbons (Fsp3) is 0.500. The van der Waals surface area contributed by atoms with E-state index in [0.717, 1.165) is 0 Å². The molecule has 2 aliphatic heterocycles. The molecule has 1 saturated heterocycles. The molecule has 3 atom stereocenters. The van der Waals surface area contributed by atoms with Crippen LogP contribution in [0.15, 0.2) is 36.4 Å². The first-order chi connectivity index (χ1) is 14.1. The van der Waals surface area contributed by atoms with Gasteiger partial charge in [0.05, 0.1) is 18.4 Å². The second kappa shape index (κ2) is 8.27. The van der Waals surface area contributed by atoms with Crippen molar-refractivity contribution in [3.63, 3.8) is 0 Å². The van der Waals surface area contributed by atoms with Gasteiger partial charge in [0, 0.05) is 19.5 Å². The third-order valence-corrected chi connectivity index (χ3v) is 5.87. The van der Waals surface area contributed by atoms with Crippen LogP contribution in [0.4, 0.5) is 0 Å². The molecular weight excluding hydrogens is 372 g/mol. The highest BCUT2D eigenvalue weighted by atomic mass is 16.6. The molecule has 0 saturated carbocycles. The van der Waals surface area contributed by atoms with Gasteiger partial charge in [-0.15, -0.1) is 0 Å². The zero-order chi connectivity index (χ0) is 20.4. The van der Waals surface area contributed by atoms with Gasteiger partial charge in [0.1, 0.15) is 6.61 Å². The third kappa shape index (κ3) is 3.86. The van der Waals surface area contributed by atoms with Crippen LogP contribution in [0, 0.1) is 11.8 Å². The summed E-state index contributed by atoms with van der Waals surface area (Å²) in [5, 5.41) is 0. The van der Waals surface area contributed by atoms with E-state index in [1.54, 1.807) is 4.90 Å². The molecule has 0 radical (unpaired) electrons. The van der Waals surface area contributed by atoms with Crippen molar-refractivity contribution in [3.8, 4) is 11.5 Å². The summed E-state index contributed by atoms with van der Waals surface area (Å²) in [6.45, 7) is 3.35. The minimum Gasteiger partial charge on any atom is -0.486 e. The molecule has 0 spiro atoms. The summed E-state index contributed by atoms with van der Waals surface area (Å²) in [6.07, 6.45) is 5.03. The minimum absolute atomic E-state index is 0.0939. The maximum absolute atomic E-state index is 12.7. The van der Waals surface area contributed by atoms with Gasteiger partial charge in [0.15, 0.2) is 17.6 Å². The largest absolute Gasteiger partial charge is 0.486 e. The Balaban J connectivity index is 1.32. The first-order valence-electron chi connectivity index (χ1n) is 10.2. The van der Waals surface area contributed by atoms with Gasteiger partial charge in [-0.3, -0.25) is 19.3 Å². The first-order valence-corrected chi connectivity index (χ1v) is 10.2. The topological polar surface area (TPSA) is 76.2 Å². The molecule has 4 rings (SSSR count). The summed E-state index contributed by atoms with van der Waals surface area (Å²) >= 11 is 0. The average molecular weight is 398 g/mol. The number of hydrogen-bond donors (Lipinski definition) is 0. The van der Waals surface area contributed by atoms with Crippen LogP contribution >= 0.6 is 0 Å². The Morgan fingerprint density at radius 1 is 1.10 bits per heavy atom. The van der Waals surface area contributed by atoms with Crippen LogP contribution in [0.5, 0.6) is 11.5 Å². The van der Waals surface area contributed by atoms with E-state index in [4.69, 9.17) is 9.47 Å². The van der Waals surface area contributed by atoms with Gasteiger partial charge in [-0.25, -0.2) is 0 Å². The van der Waals surface area contributed by atoms with Crippen molar-refractivity contribution in [2.45, 2.75) is 32.3 Å². The number of para-hydroxylation sites is 2. The molecule has 1 aromatic rings. The molecule has 0 aromatic heterocycles. The molecule has 3 aliphatic rings. The number of likely N-dealkylation sites (tertiary alicyclic amines) is 1. The number of allylic oxidation sites excluding steroid dienone is 2. The van der Waals surface area contributed by atoms with Crippen LogP contribution in [0.2, 0.25) is 0 Å². The fourth-order valence-corrected chi connectivity index (χ4v) is 4.26. The maximum Gasteiger partial charge on any atom is 0.233 e. The van der Waals surface area contributed by atoms with Crippen molar-refractivity contribution >= 4 is 17.7 Å². The standard InChI is InChI=1S/C22H26N2O5/c1-2-23(13-15-14-28-18-9-5-6-10-19(18)29-15)20(25)11-12-24-21(26)16-7-3-4-8-17(16)22(24)27/h3-6,9-10,15-17H,2,7-8,11-14H2,1H3/t15-,16+,17+/m1/s1. The fourth-order valence-electron chi connectivity index (χ4n) is 4.26. The second-order valence-corrected chi connectivity index (χ2v) is 7.66. The van der Waals surface area contributed by atoms with Gasteiger partial charge in [0.25, 0.3) is 0 Å². The number of benzene rings is 1. The lowest BCUT2D eigenvalue weighted by Gasteiger charge is -2.31. The van der Waals surface area contributed by atoms with Gasteiger partial charge in [-0.2, -0.15) is 0 Å². The van der Waals surface area contributed by atoms with Crippen LogP contribution in [-0.4, -0.2) is 59.9 Å². The Morgan fingerprint density at radius 2 is 1.76 bits per heavy atom. The lowest BCUT2D eigenvalue weighted by atomic mass is 9.85. The number of fused-ring (bicyclic) bond motifs is 2. The minimum atomic E-state index is -0.252. The van der Waals surface area contributed by atoms with Crippen LogP contribution < -0.4 is 9.47 Å². The van der Waals surface area contributed by atoms with Gasteiger partial charge in [-0.05, 0) is 31.9 Å². The number of imide groups is 1. The molecule has 1 fully saturated rings.